The normalized spacial score (nSPS) is 21.9. The molecule has 2 aliphatic rings. The number of carbonyl (C=O) groups is 1. The van der Waals surface area contributed by atoms with Gasteiger partial charge in [0.25, 0.3) is 0 Å². The van der Waals surface area contributed by atoms with Gasteiger partial charge < -0.3 is 9.80 Å². The van der Waals surface area contributed by atoms with Crippen molar-refractivity contribution in [2.45, 2.75) is 31.5 Å². The van der Waals surface area contributed by atoms with Crippen LogP contribution in [0.15, 0.2) is 42.6 Å². The molecule has 2 aliphatic heterocycles. The van der Waals surface area contributed by atoms with Crippen LogP contribution in [0.4, 0.5) is 23.4 Å². The molecule has 154 valence electrons. The van der Waals surface area contributed by atoms with Crippen LogP contribution >= 0.6 is 0 Å². The van der Waals surface area contributed by atoms with Gasteiger partial charge in [-0.1, -0.05) is 12.1 Å². The van der Waals surface area contributed by atoms with Gasteiger partial charge in [0.1, 0.15) is 11.6 Å². The number of rotatable bonds is 3. The minimum Gasteiger partial charge on any atom is -0.355 e. The van der Waals surface area contributed by atoms with Crippen molar-refractivity contribution in [3.8, 4) is 0 Å². The first-order valence-electron chi connectivity index (χ1n) is 9.63. The Morgan fingerprint density at radius 2 is 1.79 bits per heavy atom. The van der Waals surface area contributed by atoms with Gasteiger partial charge in [-0.3, -0.25) is 4.79 Å². The number of hydrogen-bond donors (Lipinski definition) is 0. The molecule has 0 saturated carbocycles. The molecule has 0 radical (unpaired) electrons. The number of aromatic nitrogens is 1. The molecule has 3 heterocycles. The molecule has 4 rings (SSSR count). The lowest BCUT2D eigenvalue weighted by Gasteiger charge is -2.39. The minimum atomic E-state index is -4.41. The molecule has 0 bridgehead atoms. The monoisotopic (exact) mass is 407 g/mol. The van der Waals surface area contributed by atoms with Crippen molar-refractivity contribution in [3.05, 3.63) is 59.5 Å². The summed E-state index contributed by atoms with van der Waals surface area (Å²) in [6, 6.07) is 8.35. The molecule has 2 aromatic rings. The summed E-state index contributed by atoms with van der Waals surface area (Å²) in [6.45, 7) is 1.93. The molecule has 0 N–H and O–H groups in total. The molecule has 0 spiro atoms. The molecule has 1 aromatic carbocycles. The van der Waals surface area contributed by atoms with E-state index in [0.717, 1.165) is 30.7 Å². The SMILES string of the molecule is O=C(Cc1ccc(F)cc1)N1CCC2CCN(c3ccc(C(F)(F)F)cn3)CC21. The van der Waals surface area contributed by atoms with Crippen molar-refractivity contribution in [1.29, 1.82) is 0 Å². The van der Waals surface area contributed by atoms with Gasteiger partial charge in [-0.15, -0.1) is 0 Å². The van der Waals surface area contributed by atoms with E-state index in [4.69, 9.17) is 0 Å². The predicted octanol–water partition coefficient (Wildman–Crippen LogP) is 3.91. The van der Waals surface area contributed by atoms with Crippen molar-refractivity contribution >= 4 is 11.7 Å². The average Bonchev–Trinajstić information content (AvgIpc) is 3.12. The average molecular weight is 407 g/mol. The minimum absolute atomic E-state index is 0.00802. The van der Waals surface area contributed by atoms with Crippen molar-refractivity contribution in [1.82, 2.24) is 9.88 Å². The van der Waals surface area contributed by atoms with Crippen LogP contribution < -0.4 is 4.90 Å². The zero-order valence-corrected chi connectivity index (χ0v) is 15.7. The zero-order valence-electron chi connectivity index (χ0n) is 15.7. The highest BCUT2D eigenvalue weighted by Crippen LogP contribution is 2.34. The van der Waals surface area contributed by atoms with Gasteiger partial charge >= 0.3 is 6.18 Å². The molecule has 1 amide bonds. The number of amides is 1. The fourth-order valence-corrected chi connectivity index (χ4v) is 4.28. The van der Waals surface area contributed by atoms with E-state index in [9.17, 15) is 22.4 Å². The second-order valence-electron chi connectivity index (χ2n) is 7.64. The first-order valence-corrected chi connectivity index (χ1v) is 9.63. The molecule has 2 unspecified atom stereocenters. The first kappa shape index (κ1) is 19.7. The number of piperidine rings is 1. The topological polar surface area (TPSA) is 36.4 Å². The summed E-state index contributed by atoms with van der Waals surface area (Å²) >= 11 is 0. The Morgan fingerprint density at radius 3 is 2.45 bits per heavy atom. The largest absolute Gasteiger partial charge is 0.417 e. The number of anilines is 1. The van der Waals surface area contributed by atoms with Crippen molar-refractivity contribution in [2.24, 2.45) is 5.92 Å². The molecule has 1 aromatic heterocycles. The van der Waals surface area contributed by atoms with Crippen LogP contribution in [0.5, 0.6) is 0 Å². The summed E-state index contributed by atoms with van der Waals surface area (Å²) in [7, 11) is 0. The maximum absolute atomic E-state index is 13.1. The van der Waals surface area contributed by atoms with Crippen molar-refractivity contribution in [3.63, 3.8) is 0 Å². The van der Waals surface area contributed by atoms with Gasteiger partial charge in [-0.05, 0) is 48.6 Å². The highest BCUT2D eigenvalue weighted by Gasteiger charge is 2.41. The molecular weight excluding hydrogens is 386 g/mol. The quantitative estimate of drug-likeness (QED) is 0.724. The third kappa shape index (κ3) is 4.21. The van der Waals surface area contributed by atoms with Gasteiger partial charge in [0, 0.05) is 25.8 Å². The van der Waals surface area contributed by atoms with E-state index in [0.29, 0.717) is 31.4 Å². The fraction of sp³-hybridized carbons (Fsp3) is 0.429. The Labute approximate surface area is 166 Å². The molecule has 2 fully saturated rings. The van der Waals surface area contributed by atoms with Gasteiger partial charge in [-0.2, -0.15) is 13.2 Å². The van der Waals surface area contributed by atoms with Gasteiger partial charge in [0.05, 0.1) is 18.0 Å². The van der Waals surface area contributed by atoms with E-state index in [1.807, 2.05) is 9.80 Å². The standard InChI is InChI=1S/C21H21F4N3O/c22-17-4-1-14(2-5-17)11-20(29)28-10-8-15-7-9-27(13-18(15)28)19-6-3-16(12-26-19)21(23,24)25/h1-6,12,15,18H,7-11,13H2. The van der Waals surface area contributed by atoms with Crippen LogP contribution in [0.2, 0.25) is 0 Å². The lowest BCUT2D eigenvalue weighted by atomic mass is 9.92. The Kier molecular flexibility index (Phi) is 5.19. The number of alkyl halides is 3. The summed E-state index contributed by atoms with van der Waals surface area (Å²) in [5.41, 5.74) is -0.00924. The highest BCUT2D eigenvalue weighted by atomic mass is 19.4. The van der Waals surface area contributed by atoms with Crippen LogP contribution in [0.3, 0.4) is 0 Å². The van der Waals surface area contributed by atoms with Gasteiger partial charge in [0.15, 0.2) is 0 Å². The predicted molar refractivity (Wildman–Crippen MR) is 99.8 cm³/mol. The smallest absolute Gasteiger partial charge is 0.355 e. The third-order valence-corrected chi connectivity index (χ3v) is 5.85. The van der Waals surface area contributed by atoms with Crippen LogP contribution in [0, 0.1) is 11.7 Å². The molecular formula is C21H21F4N3O. The number of benzene rings is 1. The van der Waals surface area contributed by atoms with E-state index in [1.165, 1.54) is 18.2 Å². The summed E-state index contributed by atoms with van der Waals surface area (Å²) in [5, 5.41) is 0. The summed E-state index contributed by atoms with van der Waals surface area (Å²) in [5.74, 6) is 0.535. The molecule has 2 atom stereocenters. The Hall–Kier alpha value is -2.64. The number of carbonyl (C=O) groups excluding carboxylic acids is 1. The summed E-state index contributed by atoms with van der Waals surface area (Å²) in [4.78, 5) is 20.6. The van der Waals surface area contributed by atoms with Crippen molar-refractivity contribution in [2.75, 3.05) is 24.5 Å². The number of fused-ring (bicyclic) bond motifs is 1. The van der Waals surface area contributed by atoms with E-state index in [-0.39, 0.29) is 24.2 Å². The molecule has 0 aliphatic carbocycles. The summed E-state index contributed by atoms with van der Waals surface area (Å²) < 4.78 is 51.4. The molecule has 2 saturated heterocycles. The van der Waals surface area contributed by atoms with Crippen molar-refractivity contribution < 1.29 is 22.4 Å². The number of halogens is 4. The molecule has 8 heteroatoms. The Bertz CT molecular complexity index is 867. The van der Waals surface area contributed by atoms with E-state index >= 15 is 0 Å². The fourth-order valence-electron chi connectivity index (χ4n) is 4.28. The van der Waals surface area contributed by atoms with E-state index in [2.05, 4.69) is 4.98 Å². The maximum atomic E-state index is 13.1. The van der Waals surface area contributed by atoms with Crippen LogP contribution in [-0.4, -0.2) is 41.5 Å². The van der Waals surface area contributed by atoms with Crippen LogP contribution in [-0.2, 0) is 17.4 Å². The third-order valence-electron chi connectivity index (χ3n) is 5.85. The van der Waals surface area contributed by atoms with E-state index < -0.39 is 11.7 Å². The molecule has 29 heavy (non-hydrogen) atoms. The Morgan fingerprint density at radius 1 is 1.07 bits per heavy atom. The highest BCUT2D eigenvalue weighted by molar-refractivity contribution is 5.79. The molecule has 4 nitrogen and oxygen atoms in total. The number of pyridine rings is 1. The number of hydrogen-bond acceptors (Lipinski definition) is 3. The number of likely N-dealkylation sites (tertiary alicyclic amines) is 1. The summed E-state index contributed by atoms with van der Waals surface area (Å²) in [6.07, 6.45) is -1.55. The Balaban J connectivity index is 1.44. The van der Waals surface area contributed by atoms with Gasteiger partial charge in [0.2, 0.25) is 5.91 Å². The van der Waals surface area contributed by atoms with Crippen LogP contribution in [0.1, 0.15) is 24.0 Å². The van der Waals surface area contributed by atoms with Gasteiger partial charge in [-0.25, -0.2) is 9.37 Å². The van der Waals surface area contributed by atoms with Crippen LogP contribution in [0.25, 0.3) is 0 Å². The first-order chi connectivity index (χ1) is 13.8. The zero-order chi connectivity index (χ0) is 20.6. The van der Waals surface area contributed by atoms with E-state index in [1.54, 1.807) is 12.1 Å². The second kappa shape index (κ2) is 7.65. The second-order valence-corrected chi connectivity index (χ2v) is 7.64. The number of nitrogens with zero attached hydrogens (tertiary/aromatic N) is 3. The maximum Gasteiger partial charge on any atom is 0.417 e. The lowest BCUT2D eigenvalue weighted by molar-refractivity contribution is -0.137. The lowest BCUT2D eigenvalue weighted by Crippen LogP contribution is -2.50.